The second kappa shape index (κ2) is 17.1. The van der Waals surface area contributed by atoms with Crippen molar-refractivity contribution in [2.45, 2.75) is 56.3 Å². The Morgan fingerprint density at radius 1 is 0.915 bits per heavy atom. The number of amides is 5. The highest BCUT2D eigenvalue weighted by Crippen LogP contribution is 2.23. The maximum absolute atomic E-state index is 13.9. The number of rotatable bonds is 18. The van der Waals surface area contributed by atoms with E-state index in [2.05, 4.69) is 26.3 Å². The van der Waals surface area contributed by atoms with E-state index in [1.54, 1.807) is 42.8 Å². The molecule has 0 bridgehead atoms. The molecule has 1 aromatic heterocycles. The van der Waals surface area contributed by atoms with E-state index >= 15 is 0 Å². The normalized spacial score (nSPS) is 14.2. The molecule has 0 radical (unpaired) electrons. The fraction of sp³-hybridized carbons (Fsp3) is 0.375. The number of primary amides is 1. The Balaban J connectivity index is 1.82. The lowest BCUT2D eigenvalue weighted by molar-refractivity contribution is -0.141. The van der Waals surface area contributed by atoms with Crippen molar-refractivity contribution in [3.8, 4) is 0 Å². The lowest BCUT2D eigenvalue weighted by Gasteiger charge is -2.32. The largest absolute Gasteiger partial charge is 0.481 e. The fourth-order valence-corrected chi connectivity index (χ4v) is 5.49. The molecule has 1 heterocycles. The van der Waals surface area contributed by atoms with E-state index in [0.29, 0.717) is 11.3 Å². The highest BCUT2D eigenvalue weighted by molar-refractivity contribution is 7.98. The van der Waals surface area contributed by atoms with Crippen LogP contribution in [0, 0.1) is 0 Å². The van der Waals surface area contributed by atoms with Gasteiger partial charge in [0.2, 0.25) is 29.5 Å². The summed E-state index contributed by atoms with van der Waals surface area (Å²) in [7, 11) is 0. The predicted octanol–water partition coefficient (Wildman–Crippen LogP) is -0.0458. The third-order valence-electron chi connectivity index (χ3n) is 7.51. The van der Waals surface area contributed by atoms with Gasteiger partial charge >= 0.3 is 5.97 Å². The van der Waals surface area contributed by atoms with E-state index in [9.17, 15) is 33.9 Å². The molecule has 0 saturated heterocycles. The number of aliphatic carboxylic acids is 1. The van der Waals surface area contributed by atoms with E-state index in [1.807, 2.05) is 24.3 Å². The van der Waals surface area contributed by atoms with Gasteiger partial charge in [0.25, 0.3) is 0 Å². The number of nitrogens with two attached hydrogens (primary N) is 2. The van der Waals surface area contributed by atoms with E-state index in [0.717, 1.165) is 16.5 Å². The van der Waals surface area contributed by atoms with Crippen molar-refractivity contribution in [3.05, 3.63) is 71.9 Å². The average Bonchev–Trinajstić information content (AvgIpc) is 3.44. The lowest BCUT2D eigenvalue weighted by atomic mass is 9.90. The molecule has 4 atom stereocenters. The molecule has 0 aliphatic carbocycles. The Morgan fingerprint density at radius 3 is 2.19 bits per heavy atom. The van der Waals surface area contributed by atoms with Crippen LogP contribution in [0.4, 0.5) is 0 Å². The van der Waals surface area contributed by atoms with Gasteiger partial charge in [0.05, 0.1) is 13.0 Å². The van der Waals surface area contributed by atoms with Crippen LogP contribution in [0.15, 0.2) is 60.8 Å². The Kier molecular flexibility index (Phi) is 13.3. The van der Waals surface area contributed by atoms with E-state index < -0.39 is 65.6 Å². The Labute approximate surface area is 276 Å². The molecular formula is C32H41N7O7S. The Hall–Kier alpha value is -4.89. The number of carbonyl (C=O) groups is 6. The smallest absolute Gasteiger partial charge is 0.305 e. The number of benzene rings is 2. The molecule has 15 heteroatoms. The molecule has 5 amide bonds. The third-order valence-corrected chi connectivity index (χ3v) is 8.15. The number of hydrogen-bond acceptors (Lipinski definition) is 8. The number of para-hydroxylation sites is 1. The summed E-state index contributed by atoms with van der Waals surface area (Å²) in [5.41, 5.74) is 11.8. The first kappa shape index (κ1) is 36.6. The number of aromatic amines is 1. The van der Waals surface area contributed by atoms with Crippen LogP contribution in [0.3, 0.4) is 0 Å². The van der Waals surface area contributed by atoms with Gasteiger partial charge in [-0.3, -0.25) is 28.8 Å². The number of aromatic nitrogens is 1. The maximum Gasteiger partial charge on any atom is 0.305 e. The third kappa shape index (κ3) is 10.6. The molecule has 252 valence electrons. The first-order chi connectivity index (χ1) is 22.4. The van der Waals surface area contributed by atoms with E-state index in [1.165, 1.54) is 18.7 Å². The summed E-state index contributed by atoms with van der Waals surface area (Å²) >= 11 is 1.40. The topological polar surface area (TPSA) is 239 Å². The molecule has 14 nitrogen and oxygen atoms in total. The van der Waals surface area contributed by atoms with Crippen molar-refractivity contribution in [1.82, 2.24) is 26.3 Å². The second-order valence-corrected chi connectivity index (χ2v) is 12.2. The molecule has 2 aromatic carbocycles. The molecule has 47 heavy (non-hydrogen) atoms. The van der Waals surface area contributed by atoms with E-state index in [-0.39, 0.29) is 25.8 Å². The highest BCUT2D eigenvalue weighted by atomic mass is 32.2. The van der Waals surface area contributed by atoms with Crippen LogP contribution in [0.25, 0.3) is 10.9 Å². The number of carbonyl (C=O) groups excluding carboxylic acids is 5. The molecule has 0 aliphatic rings. The average molecular weight is 668 g/mol. The summed E-state index contributed by atoms with van der Waals surface area (Å²) in [6.07, 6.45) is 2.94. The maximum atomic E-state index is 13.9. The molecule has 0 saturated carbocycles. The molecule has 3 rings (SSSR count). The number of carboxylic acid groups (broad SMARTS) is 1. The Bertz CT molecular complexity index is 1580. The van der Waals surface area contributed by atoms with Gasteiger partial charge in [-0.25, -0.2) is 0 Å². The minimum atomic E-state index is -1.60. The van der Waals surface area contributed by atoms with Crippen molar-refractivity contribution in [2.75, 3.05) is 18.6 Å². The SMILES string of the molecule is CSCC[C@H](NC(=O)[C@](C)(Cc1c[nH]c2ccccc12)NC(=O)CN)C(=O)N[C@@H](CC(=O)O)C(=O)N[C@@H](Cc1ccccc1)C(N)=O. The lowest BCUT2D eigenvalue weighted by Crippen LogP contribution is -2.63. The van der Waals surface area contributed by atoms with Gasteiger partial charge in [-0.15, -0.1) is 0 Å². The van der Waals surface area contributed by atoms with E-state index in [4.69, 9.17) is 11.5 Å². The van der Waals surface area contributed by atoms with Crippen molar-refractivity contribution in [2.24, 2.45) is 11.5 Å². The standard InChI is InChI=1S/C32H41N7O7S/c1-32(39-26(40)17-33,16-20-18-35-22-11-7-6-10-21(20)22)31(46)38-23(12-13-47-2)29(44)37-25(15-27(41)42)30(45)36-24(28(34)43)14-19-8-4-3-5-9-19/h3-11,18,23-25,35H,12-17,33H2,1-2H3,(H2,34,43)(H,36,45)(H,37,44)(H,38,46)(H,39,40)(H,41,42)/t23-,24-,25-,32-/m0/s1. The van der Waals surface area contributed by atoms with Crippen LogP contribution in [0.5, 0.6) is 0 Å². The molecule has 0 aliphatic heterocycles. The van der Waals surface area contributed by atoms with Gasteiger partial charge in [0.15, 0.2) is 0 Å². The zero-order valence-electron chi connectivity index (χ0n) is 26.2. The van der Waals surface area contributed by atoms with Crippen LogP contribution in [-0.2, 0) is 41.6 Å². The molecule has 3 aromatic rings. The van der Waals surface area contributed by atoms with Crippen LogP contribution in [0.2, 0.25) is 0 Å². The molecule has 10 N–H and O–H groups in total. The number of hydrogen-bond donors (Lipinski definition) is 8. The van der Waals surface area contributed by atoms with Gasteiger partial charge < -0.3 is 42.8 Å². The Morgan fingerprint density at radius 2 is 1.55 bits per heavy atom. The van der Waals surface area contributed by atoms with Gasteiger partial charge in [-0.1, -0.05) is 48.5 Å². The summed E-state index contributed by atoms with van der Waals surface area (Å²) in [6, 6.07) is 12.2. The number of nitrogens with one attached hydrogen (secondary N) is 5. The van der Waals surface area contributed by atoms with Crippen LogP contribution >= 0.6 is 11.8 Å². The first-order valence-electron chi connectivity index (χ1n) is 14.9. The minimum Gasteiger partial charge on any atom is -0.481 e. The van der Waals surface area contributed by atoms with Gasteiger partial charge in [0.1, 0.15) is 23.7 Å². The van der Waals surface area contributed by atoms with Crippen molar-refractivity contribution >= 4 is 58.2 Å². The van der Waals surface area contributed by atoms with Crippen molar-refractivity contribution in [1.29, 1.82) is 0 Å². The molecule has 0 fully saturated rings. The monoisotopic (exact) mass is 667 g/mol. The zero-order chi connectivity index (χ0) is 34.6. The van der Waals surface area contributed by atoms with Crippen molar-refractivity contribution < 1.29 is 33.9 Å². The zero-order valence-corrected chi connectivity index (χ0v) is 27.0. The van der Waals surface area contributed by atoms with Gasteiger partial charge in [-0.05, 0) is 42.5 Å². The first-order valence-corrected chi connectivity index (χ1v) is 16.3. The van der Waals surface area contributed by atoms with Crippen molar-refractivity contribution in [3.63, 3.8) is 0 Å². The number of fused-ring (bicyclic) bond motifs is 1. The summed E-state index contributed by atoms with van der Waals surface area (Å²) < 4.78 is 0. The van der Waals surface area contributed by atoms with Gasteiger partial charge in [0, 0.05) is 29.9 Å². The number of carboxylic acids is 1. The van der Waals surface area contributed by atoms with Crippen LogP contribution < -0.4 is 32.7 Å². The second-order valence-electron chi connectivity index (χ2n) is 11.2. The molecule has 0 unspecified atom stereocenters. The quantitative estimate of drug-likeness (QED) is 0.0906. The fourth-order valence-electron chi connectivity index (χ4n) is 5.02. The summed E-state index contributed by atoms with van der Waals surface area (Å²) in [6.45, 7) is 1.13. The number of H-pyrrole nitrogens is 1. The van der Waals surface area contributed by atoms with Crippen LogP contribution in [0.1, 0.15) is 30.9 Å². The summed E-state index contributed by atoms with van der Waals surface area (Å²) in [5, 5.41) is 20.6. The van der Waals surface area contributed by atoms with Gasteiger partial charge in [-0.2, -0.15) is 11.8 Å². The molecular weight excluding hydrogens is 626 g/mol. The minimum absolute atomic E-state index is 0.0470. The molecule has 0 spiro atoms. The predicted molar refractivity (Wildman–Crippen MR) is 178 cm³/mol. The summed E-state index contributed by atoms with van der Waals surface area (Å²) in [4.78, 5) is 80.1. The van der Waals surface area contributed by atoms with Crippen LogP contribution in [-0.4, -0.2) is 87.8 Å². The number of thioether (sulfide) groups is 1. The summed E-state index contributed by atoms with van der Waals surface area (Å²) in [5.74, 6) is -4.86. The highest BCUT2D eigenvalue weighted by Gasteiger charge is 2.38.